The highest BCUT2D eigenvalue weighted by atomic mass is 35.5. The molecule has 2 N–H and O–H groups in total. The average Bonchev–Trinajstić information content (AvgIpc) is 2.48. The summed E-state index contributed by atoms with van der Waals surface area (Å²) < 4.78 is 11.0. The fourth-order valence-electron chi connectivity index (χ4n) is 2.07. The van der Waals surface area contributed by atoms with Crippen molar-refractivity contribution in [3.05, 3.63) is 22.7 Å². The van der Waals surface area contributed by atoms with Gasteiger partial charge in [0.1, 0.15) is 13.2 Å². The van der Waals surface area contributed by atoms with Crippen molar-refractivity contribution in [3.8, 4) is 11.5 Å². The van der Waals surface area contributed by atoms with Gasteiger partial charge in [0.05, 0.1) is 5.02 Å². The van der Waals surface area contributed by atoms with E-state index in [1.807, 2.05) is 12.1 Å². The molecule has 116 valence electrons. The van der Waals surface area contributed by atoms with Gasteiger partial charge in [-0.15, -0.1) is 0 Å². The number of carbonyl (C=O) groups excluding carboxylic acids is 1. The van der Waals surface area contributed by atoms with Crippen LogP contribution in [0.15, 0.2) is 12.1 Å². The Morgan fingerprint density at radius 3 is 2.81 bits per heavy atom. The molecule has 2 rings (SSSR count). The molecule has 1 aromatic rings. The zero-order valence-electron chi connectivity index (χ0n) is 12.2. The molecule has 1 aliphatic rings. The predicted octanol–water partition coefficient (Wildman–Crippen LogP) is 2.75. The largest absolute Gasteiger partial charge is 0.486 e. The molecule has 21 heavy (non-hydrogen) atoms. The second-order valence-corrected chi connectivity index (χ2v) is 5.30. The molecule has 0 spiro atoms. The van der Waals surface area contributed by atoms with Gasteiger partial charge in [0, 0.05) is 13.1 Å². The highest BCUT2D eigenvalue weighted by Gasteiger charge is 2.16. The van der Waals surface area contributed by atoms with E-state index in [2.05, 4.69) is 17.6 Å². The van der Waals surface area contributed by atoms with Crippen molar-refractivity contribution in [2.24, 2.45) is 0 Å². The maximum absolute atomic E-state index is 11.5. The lowest BCUT2D eigenvalue weighted by molar-refractivity contribution is 0.171. The highest BCUT2D eigenvalue weighted by Crippen LogP contribution is 2.38. The Hall–Kier alpha value is -1.62. The maximum Gasteiger partial charge on any atom is 0.314 e. The minimum Gasteiger partial charge on any atom is -0.486 e. The van der Waals surface area contributed by atoms with Crippen LogP contribution in [0.5, 0.6) is 11.5 Å². The minimum atomic E-state index is -0.132. The first kappa shape index (κ1) is 15.8. The van der Waals surface area contributed by atoms with Crippen LogP contribution in [0, 0.1) is 0 Å². The number of amides is 2. The third-order valence-corrected chi connectivity index (χ3v) is 3.45. The van der Waals surface area contributed by atoms with Crippen molar-refractivity contribution in [2.45, 2.75) is 26.2 Å². The fraction of sp³-hybridized carbons (Fsp3) is 0.533. The Bertz CT molecular complexity index is 494. The van der Waals surface area contributed by atoms with Crippen molar-refractivity contribution in [3.63, 3.8) is 0 Å². The lowest BCUT2D eigenvalue weighted by atomic mass is 10.1. The average molecular weight is 313 g/mol. The molecule has 0 saturated heterocycles. The quantitative estimate of drug-likeness (QED) is 0.794. The third kappa shape index (κ3) is 4.70. The van der Waals surface area contributed by atoms with E-state index in [9.17, 15) is 4.79 Å². The summed E-state index contributed by atoms with van der Waals surface area (Å²) in [4.78, 5) is 11.5. The van der Waals surface area contributed by atoms with Gasteiger partial charge in [-0.2, -0.15) is 0 Å². The van der Waals surface area contributed by atoms with Gasteiger partial charge >= 0.3 is 6.03 Å². The molecule has 1 aromatic carbocycles. The van der Waals surface area contributed by atoms with E-state index >= 15 is 0 Å². The van der Waals surface area contributed by atoms with E-state index in [1.54, 1.807) is 0 Å². The van der Waals surface area contributed by atoms with Crippen LogP contribution in [0.3, 0.4) is 0 Å². The van der Waals surface area contributed by atoms with Gasteiger partial charge in [0.25, 0.3) is 0 Å². The van der Waals surface area contributed by atoms with Crippen LogP contribution in [-0.4, -0.2) is 32.3 Å². The number of benzene rings is 1. The number of rotatable bonds is 6. The first-order valence-electron chi connectivity index (χ1n) is 7.30. The lowest BCUT2D eigenvalue weighted by Crippen LogP contribution is -2.37. The Kier molecular flexibility index (Phi) is 5.99. The first-order valence-corrected chi connectivity index (χ1v) is 7.68. The van der Waals surface area contributed by atoms with Crippen LogP contribution in [0.4, 0.5) is 4.79 Å². The summed E-state index contributed by atoms with van der Waals surface area (Å²) in [5.41, 5.74) is 1.01. The van der Waals surface area contributed by atoms with E-state index in [0.29, 0.717) is 49.2 Å². The van der Waals surface area contributed by atoms with Crippen molar-refractivity contribution in [1.82, 2.24) is 10.6 Å². The Morgan fingerprint density at radius 2 is 2.00 bits per heavy atom. The number of unbranched alkanes of at least 4 members (excludes halogenated alkanes) is 1. The van der Waals surface area contributed by atoms with E-state index < -0.39 is 0 Å². The van der Waals surface area contributed by atoms with Crippen LogP contribution in [0.1, 0.15) is 25.3 Å². The molecule has 1 aliphatic heterocycles. The minimum absolute atomic E-state index is 0.132. The Balaban J connectivity index is 1.81. The first-order chi connectivity index (χ1) is 10.2. The summed E-state index contributed by atoms with van der Waals surface area (Å²) in [6.45, 7) is 4.40. The van der Waals surface area contributed by atoms with Crippen LogP contribution >= 0.6 is 11.6 Å². The molecular weight excluding hydrogens is 292 g/mol. The van der Waals surface area contributed by atoms with Gasteiger partial charge in [-0.05, 0) is 30.5 Å². The number of carbonyl (C=O) groups is 1. The van der Waals surface area contributed by atoms with Crippen LogP contribution in [0.2, 0.25) is 5.02 Å². The monoisotopic (exact) mass is 312 g/mol. The van der Waals surface area contributed by atoms with Gasteiger partial charge < -0.3 is 20.1 Å². The molecular formula is C15H21ClN2O3. The highest BCUT2D eigenvalue weighted by molar-refractivity contribution is 6.32. The number of urea groups is 1. The van der Waals surface area contributed by atoms with Crippen molar-refractivity contribution in [2.75, 3.05) is 26.3 Å². The summed E-state index contributed by atoms with van der Waals surface area (Å²) in [5, 5.41) is 6.19. The van der Waals surface area contributed by atoms with Crippen molar-refractivity contribution < 1.29 is 14.3 Å². The molecule has 0 fully saturated rings. The molecule has 0 aromatic heterocycles. The summed E-state index contributed by atoms with van der Waals surface area (Å²) in [6, 6.07) is 3.63. The summed E-state index contributed by atoms with van der Waals surface area (Å²) in [6.07, 6.45) is 2.75. The van der Waals surface area contributed by atoms with Crippen molar-refractivity contribution >= 4 is 17.6 Å². The van der Waals surface area contributed by atoms with Gasteiger partial charge in [-0.3, -0.25) is 0 Å². The molecule has 0 unspecified atom stereocenters. The number of halogens is 1. The number of fused-ring (bicyclic) bond motifs is 1. The second-order valence-electron chi connectivity index (χ2n) is 4.89. The van der Waals surface area contributed by atoms with E-state index in [-0.39, 0.29) is 6.03 Å². The molecule has 0 radical (unpaired) electrons. The van der Waals surface area contributed by atoms with Crippen LogP contribution < -0.4 is 20.1 Å². The summed E-state index contributed by atoms with van der Waals surface area (Å²) >= 11 is 6.17. The standard InChI is InChI=1S/C15H21ClN2O3/c1-2-3-5-17-15(19)18-6-4-11-9-12(16)14-13(10-11)20-7-8-21-14/h9-10H,2-8H2,1H3,(H2,17,18,19). The van der Waals surface area contributed by atoms with E-state index in [0.717, 1.165) is 18.4 Å². The SMILES string of the molecule is CCCCNC(=O)NCCc1cc(Cl)c2c(c1)OCCO2. The second kappa shape index (κ2) is 7.98. The molecule has 0 saturated carbocycles. The number of hydrogen-bond acceptors (Lipinski definition) is 3. The third-order valence-electron chi connectivity index (χ3n) is 3.17. The molecule has 0 bridgehead atoms. The zero-order chi connectivity index (χ0) is 15.1. The molecule has 2 amide bonds. The van der Waals surface area contributed by atoms with Gasteiger partial charge in [0.2, 0.25) is 0 Å². The smallest absolute Gasteiger partial charge is 0.314 e. The summed E-state index contributed by atoms with van der Waals surface area (Å²) in [5.74, 6) is 1.29. The molecule has 6 heteroatoms. The number of ether oxygens (including phenoxy) is 2. The number of hydrogen-bond donors (Lipinski definition) is 2. The summed E-state index contributed by atoms with van der Waals surface area (Å²) in [7, 11) is 0. The molecule has 1 heterocycles. The molecule has 5 nitrogen and oxygen atoms in total. The fourth-order valence-corrected chi connectivity index (χ4v) is 2.36. The van der Waals surface area contributed by atoms with Crippen molar-refractivity contribution in [1.29, 1.82) is 0 Å². The van der Waals surface area contributed by atoms with Crippen LogP contribution in [0.25, 0.3) is 0 Å². The van der Waals surface area contributed by atoms with Gasteiger partial charge in [0.15, 0.2) is 11.5 Å². The van der Waals surface area contributed by atoms with E-state index in [4.69, 9.17) is 21.1 Å². The topological polar surface area (TPSA) is 59.6 Å². The van der Waals surface area contributed by atoms with E-state index in [1.165, 1.54) is 0 Å². The van der Waals surface area contributed by atoms with Gasteiger partial charge in [-0.25, -0.2) is 4.79 Å². The maximum atomic E-state index is 11.5. The predicted molar refractivity (Wildman–Crippen MR) is 82.5 cm³/mol. The zero-order valence-corrected chi connectivity index (χ0v) is 13.0. The normalized spacial score (nSPS) is 12.9. The Morgan fingerprint density at radius 1 is 1.24 bits per heavy atom. The molecule has 0 atom stereocenters. The lowest BCUT2D eigenvalue weighted by Gasteiger charge is -2.20. The number of nitrogens with one attached hydrogen (secondary N) is 2. The Labute approximate surface area is 130 Å². The van der Waals surface area contributed by atoms with Gasteiger partial charge in [-0.1, -0.05) is 24.9 Å². The molecule has 0 aliphatic carbocycles. The van der Waals surface area contributed by atoms with Crippen LogP contribution in [-0.2, 0) is 6.42 Å².